The van der Waals surface area contributed by atoms with E-state index in [2.05, 4.69) is 4.98 Å². The van der Waals surface area contributed by atoms with Crippen molar-refractivity contribution in [2.45, 2.75) is 19.3 Å². The molecule has 1 aliphatic heterocycles. The molecule has 2 heterocycles. The molecule has 0 bridgehead atoms. The van der Waals surface area contributed by atoms with Gasteiger partial charge < -0.3 is 21.3 Å². The number of rotatable bonds is 4. The molecule has 3 rings (SSSR count). The number of piperazine rings is 1. The average Bonchev–Trinajstić information content (AvgIpc) is 3.10. The molecule has 0 aromatic carbocycles. The first kappa shape index (κ1) is 16.7. The van der Waals surface area contributed by atoms with Crippen LogP contribution in [0.15, 0.2) is 18.3 Å². The van der Waals surface area contributed by atoms with Gasteiger partial charge in [0.2, 0.25) is 5.91 Å². The lowest BCUT2D eigenvalue weighted by Gasteiger charge is -2.37. The van der Waals surface area contributed by atoms with Crippen molar-refractivity contribution in [3.8, 4) is 0 Å². The monoisotopic (exact) mass is 331 g/mol. The fraction of sp³-hybridized carbons (Fsp3) is 0.588. The number of primary amides is 1. The smallest absolute Gasteiger partial charge is 0.252 e. The van der Waals surface area contributed by atoms with Crippen LogP contribution in [0.4, 0.5) is 5.82 Å². The van der Waals surface area contributed by atoms with Crippen LogP contribution >= 0.6 is 0 Å². The van der Waals surface area contributed by atoms with Crippen LogP contribution in [0.5, 0.6) is 0 Å². The van der Waals surface area contributed by atoms with Crippen molar-refractivity contribution in [3.63, 3.8) is 0 Å². The molecule has 2 fully saturated rings. The fourth-order valence-electron chi connectivity index (χ4n) is 3.86. The Morgan fingerprint density at radius 1 is 1.21 bits per heavy atom. The Kier molecular flexibility index (Phi) is 4.99. The number of amides is 2. The molecule has 1 aromatic heterocycles. The molecule has 24 heavy (non-hydrogen) atoms. The quantitative estimate of drug-likeness (QED) is 0.820. The third kappa shape index (κ3) is 3.21. The summed E-state index contributed by atoms with van der Waals surface area (Å²) >= 11 is 0. The Morgan fingerprint density at radius 2 is 1.96 bits per heavy atom. The minimum Gasteiger partial charge on any atom is -0.365 e. The summed E-state index contributed by atoms with van der Waals surface area (Å²) in [6, 6.07) is 3.39. The van der Waals surface area contributed by atoms with Crippen molar-refractivity contribution in [3.05, 3.63) is 23.9 Å². The van der Waals surface area contributed by atoms with Gasteiger partial charge in [-0.15, -0.1) is 0 Å². The molecule has 2 amide bonds. The number of hydrogen-bond acceptors (Lipinski definition) is 5. The van der Waals surface area contributed by atoms with Crippen LogP contribution in [-0.4, -0.2) is 54.4 Å². The van der Waals surface area contributed by atoms with E-state index in [4.69, 9.17) is 11.5 Å². The Bertz CT molecular complexity index is 613. The summed E-state index contributed by atoms with van der Waals surface area (Å²) in [7, 11) is 0. The molecule has 2 atom stereocenters. The lowest BCUT2D eigenvalue weighted by molar-refractivity contribution is -0.136. The zero-order valence-electron chi connectivity index (χ0n) is 13.9. The van der Waals surface area contributed by atoms with Crippen LogP contribution in [0.2, 0.25) is 0 Å². The number of hydrogen-bond donors (Lipinski definition) is 2. The maximum absolute atomic E-state index is 12.8. The van der Waals surface area contributed by atoms with Gasteiger partial charge in [0.05, 0.1) is 5.56 Å². The molecule has 1 saturated carbocycles. The molecule has 0 unspecified atom stereocenters. The standard InChI is InChI=1S/C17H25N5O2/c18-11-12-3-1-4-13(12)17(24)22-9-7-21(8-10-22)16-14(15(19)23)5-2-6-20-16/h2,5-6,12-13H,1,3-4,7-11,18H2,(H2,19,23)/t12-,13-/m1/s1. The van der Waals surface area contributed by atoms with E-state index in [0.29, 0.717) is 50.0 Å². The third-order valence-electron chi connectivity index (χ3n) is 5.22. The van der Waals surface area contributed by atoms with Crippen molar-refractivity contribution in [1.29, 1.82) is 0 Å². The van der Waals surface area contributed by atoms with Gasteiger partial charge in [-0.25, -0.2) is 4.98 Å². The van der Waals surface area contributed by atoms with Crippen LogP contribution in [0.25, 0.3) is 0 Å². The highest BCUT2D eigenvalue weighted by atomic mass is 16.2. The van der Waals surface area contributed by atoms with Gasteiger partial charge in [-0.3, -0.25) is 9.59 Å². The minimum absolute atomic E-state index is 0.0811. The maximum Gasteiger partial charge on any atom is 0.252 e. The van der Waals surface area contributed by atoms with E-state index in [1.807, 2.05) is 9.80 Å². The second kappa shape index (κ2) is 7.17. The lowest BCUT2D eigenvalue weighted by Crippen LogP contribution is -2.51. The van der Waals surface area contributed by atoms with Gasteiger partial charge in [0.1, 0.15) is 5.82 Å². The lowest BCUT2D eigenvalue weighted by atomic mass is 9.94. The second-order valence-electron chi connectivity index (χ2n) is 6.58. The molecular formula is C17H25N5O2. The SMILES string of the molecule is NC[C@H]1CCC[C@H]1C(=O)N1CCN(c2ncccc2C(N)=O)CC1. The first-order valence-corrected chi connectivity index (χ1v) is 8.60. The van der Waals surface area contributed by atoms with Gasteiger partial charge in [0, 0.05) is 38.3 Å². The van der Waals surface area contributed by atoms with Gasteiger partial charge in [0.15, 0.2) is 0 Å². The van der Waals surface area contributed by atoms with Gasteiger partial charge in [-0.1, -0.05) is 6.42 Å². The molecule has 1 aromatic rings. The summed E-state index contributed by atoms with van der Waals surface area (Å²) in [6.45, 7) is 3.18. The number of pyridine rings is 1. The molecular weight excluding hydrogens is 306 g/mol. The highest BCUT2D eigenvalue weighted by molar-refractivity contribution is 5.97. The summed E-state index contributed by atoms with van der Waals surface area (Å²) in [5.74, 6) is 0.773. The molecule has 2 aliphatic rings. The highest BCUT2D eigenvalue weighted by Crippen LogP contribution is 2.32. The van der Waals surface area contributed by atoms with Gasteiger partial charge >= 0.3 is 0 Å². The summed E-state index contributed by atoms with van der Waals surface area (Å²) in [5, 5.41) is 0. The van der Waals surface area contributed by atoms with E-state index in [-0.39, 0.29) is 11.8 Å². The molecule has 7 nitrogen and oxygen atoms in total. The number of carbonyl (C=O) groups excluding carboxylic acids is 2. The Labute approximate surface area is 142 Å². The zero-order valence-corrected chi connectivity index (χ0v) is 13.9. The van der Waals surface area contributed by atoms with Crippen molar-refractivity contribution in [2.75, 3.05) is 37.6 Å². The summed E-state index contributed by atoms with van der Waals surface area (Å²) in [6.07, 6.45) is 4.76. The van der Waals surface area contributed by atoms with Crippen molar-refractivity contribution in [1.82, 2.24) is 9.88 Å². The Balaban J connectivity index is 1.64. The molecule has 130 valence electrons. The molecule has 0 radical (unpaired) electrons. The maximum atomic E-state index is 12.8. The molecule has 1 saturated heterocycles. The number of aromatic nitrogens is 1. The topological polar surface area (TPSA) is 106 Å². The van der Waals surface area contributed by atoms with Crippen molar-refractivity contribution >= 4 is 17.6 Å². The third-order valence-corrected chi connectivity index (χ3v) is 5.22. The molecule has 0 spiro atoms. The number of carbonyl (C=O) groups is 2. The van der Waals surface area contributed by atoms with E-state index in [1.54, 1.807) is 18.3 Å². The van der Waals surface area contributed by atoms with Gasteiger partial charge in [-0.05, 0) is 37.4 Å². The van der Waals surface area contributed by atoms with Crippen LogP contribution in [-0.2, 0) is 4.79 Å². The average molecular weight is 331 g/mol. The van der Waals surface area contributed by atoms with Crippen LogP contribution in [0, 0.1) is 11.8 Å². The predicted molar refractivity (Wildman–Crippen MR) is 91.4 cm³/mol. The number of nitrogens with zero attached hydrogens (tertiary/aromatic N) is 3. The fourth-order valence-corrected chi connectivity index (χ4v) is 3.86. The van der Waals surface area contributed by atoms with Crippen LogP contribution < -0.4 is 16.4 Å². The molecule has 7 heteroatoms. The van der Waals surface area contributed by atoms with Crippen LogP contribution in [0.3, 0.4) is 0 Å². The highest BCUT2D eigenvalue weighted by Gasteiger charge is 2.35. The predicted octanol–water partition coefficient (Wildman–Crippen LogP) is 0.204. The van der Waals surface area contributed by atoms with Crippen molar-refractivity contribution in [2.24, 2.45) is 23.3 Å². The Hall–Kier alpha value is -2.15. The summed E-state index contributed by atoms with van der Waals surface area (Å²) < 4.78 is 0. The van der Waals surface area contributed by atoms with E-state index >= 15 is 0 Å². The molecule has 1 aliphatic carbocycles. The summed E-state index contributed by atoms with van der Waals surface area (Å²) in [4.78, 5) is 32.6. The number of nitrogens with two attached hydrogens (primary N) is 2. The van der Waals surface area contributed by atoms with E-state index in [0.717, 1.165) is 19.3 Å². The van der Waals surface area contributed by atoms with E-state index in [1.165, 1.54) is 0 Å². The minimum atomic E-state index is -0.478. The van der Waals surface area contributed by atoms with Crippen molar-refractivity contribution < 1.29 is 9.59 Å². The summed E-state index contributed by atoms with van der Waals surface area (Å²) in [5.41, 5.74) is 11.7. The zero-order chi connectivity index (χ0) is 17.1. The van der Waals surface area contributed by atoms with Crippen LogP contribution in [0.1, 0.15) is 29.6 Å². The first-order chi connectivity index (χ1) is 11.6. The van der Waals surface area contributed by atoms with E-state index in [9.17, 15) is 9.59 Å². The number of anilines is 1. The Morgan fingerprint density at radius 3 is 2.62 bits per heavy atom. The molecule has 4 N–H and O–H groups in total. The second-order valence-corrected chi connectivity index (χ2v) is 6.58. The largest absolute Gasteiger partial charge is 0.365 e. The first-order valence-electron chi connectivity index (χ1n) is 8.60. The van der Waals surface area contributed by atoms with E-state index < -0.39 is 5.91 Å². The normalized spacial score (nSPS) is 24.2. The van der Waals surface area contributed by atoms with Gasteiger partial charge in [-0.2, -0.15) is 0 Å². The van der Waals surface area contributed by atoms with Gasteiger partial charge in [0.25, 0.3) is 5.91 Å².